The summed E-state index contributed by atoms with van der Waals surface area (Å²) in [6.07, 6.45) is 4.72. The normalized spacial score (nSPS) is 15.3. The van der Waals surface area contributed by atoms with Gasteiger partial charge < -0.3 is 20.7 Å². The van der Waals surface area contributed by atoms with E-state index < -0.39 is 0 Å². The molecule has 4 aromatic rings. The number of hydrogen-bond donors (Lipinski definition) is 3. The van der Waals surface area contributed by atoms with Crippen LogP contribution in [0.1, 0.15) is 27.3 Å². The molecule has 10 heteroatoms. The molecule has 0 bridgehead atoms. The third-order valence-electron chi connectivity index (χ3n) is 5.55. The highest BCUT2D eigenvalue weighted by Crippen LogP contribution is 2.25. The zero-order valence-corrected chi connectivity index (χ0v) is 18.5. The van der Waals surface area contributed by atoms with Crippen molar-refractivity contribution in [2.24, 2.45) is 0 Å². The summed E-state index contributed by atoms with van der Waals surface area (Å²) >= 11 is 0. The number of aromatic nitrogens is 4. The Balaban J connectivity index is 1.40. The minimum Gasteiger partial charge on any atom is -0.385 e. The summed E-state index contributed by atoms with van der Waals surface area (Å²) in [7, 11) is 1.79. The fourth-order valence-corrected chi connectivity index (χ4v) is 3.79. The number of amides is 1. The largest absolute Gasteiger partial charge is 0.385 e. The monoisotopic (exact) mass is 457 g/mol. The van der Waals surface area contributed by atoms with Crippen LogP contribution >= 0.6 is 0 Å². The molecule has 1 aliphatic heterocycles. The average Bonchev–Trinajstić information content (AvgIpc) is 3.54. The number of hydrogen-bond acceptors (Lipinski definition) is 8. The highest BCUT2D eigenvalue weighted by Gasteiger charge is 2.21. The molecule has 1 atom stereocenters. The Bertz CT molecular complexity index is 1340. The van der Waals surface area contributed by atoms with Gasteiger partial charge >= 0.3 is 0 Å². The fourth-order valence-electron chi connectivity index (χ4n) is 3.79. The predicted octanol–water partition coefficient (Wildman–Crippen LogP) is 2.91. The van der Waals surface area contributed by atoms with E-state index in [0.717, 1.165) is 35.3 Å². The molecule has 0 radical (unpaired) electrons. The fraction of sp³-hybridized carbons (Fsp3) is 0.208. The van der Waals surface area contributed by atoms with Crippen LogP contribution in [0.3, 0.4) is 0 Å². The quantitative estimate of drug-likeness (QED) is 0.362. The first-order chi connectivity index (χ1) is 16.6. The molecule has 1 unspecified atom stereocenters. The van der Waals surface area contributed by atoms with E-state index in [-0.39, 0.29) is 11.9 Å². The van der Waals surface area contributed by atoms with E-state index in [2.05, 4.69) is 31.0 Å². The van der Waals surface area contributed by atoms with Gasteiger partial charge in [-0.15, -0.1) is 5.10 Å². The number of anilines is 3. The molecule has 1 fully saturated rings. The van der Waals surface area contributed by atoms with Crippen molar-refractivity contribution in [3.05, 3.63) is 66.1 Å². The number of pyridine rings is 1. The number of carbonyl (C=O) groups excluding carboxylic acids is 2. The van der Waals surface area contributed by atoms with Crippen LogP contribution in [0.25, 0.3) is 16.9 Å². The second kappa shape index (κ2) is 9.28. The maximum atomic E-state index is 12.6. The van der Waals surface area contributed by atoms with Crippen molar-refractivity contribution < 1.29 is 14.3 Å². The highest BCUT2D eigenvalue weighted by atomic mass is 16.5. The van der Waals surface area contributed by atoms with Crippen molar-refractivity contribution in [2.75, 3.05) is 30.9 Å². The van der Waals surface area contributed by atoms with Crippen molar-refractivity contribution in [1.82, 2.24) is 24.9 Å². The summed E-state index contributed by atoms with van der Waals surface area (Å²) in [6, 6.07) is 13.1. The molecule has 34 heavy (non-hydrogen) atoms. The van der Waals surface area contributed by atoms with Crippen molar-refractivity contribution in [3.8, 4) is 11.3 Å². The van der Waals surface area contributed by atoms with Gasteiger partial charge in [-0.2, -0.15) is 0 Å². The van der Waals surface area contributed by atoms with Crippen LogP contribution in [-0.4, -0.2) is 58.1 Å². The predicted molar refractivity (Wildman–Crippen MR) is 128 cm³/mol. The number of benzene rings is 1. The molecule has 1 aromatic carbocycles. The van der Waals surface area contributed by atoms with Gasteiger partial charge in [0, 0.05) is 42.7 Å². The Morgan fingerprint density at radius 2 is 2.15 bits per heavy atom. The summed E-state index contributed by atoms with van der Waals surface area (Å²) < 4.78 is 6.90. The summed E-state index contributed by atoms with van der Waals surface area (Å²) in [5.74, 6) is 0.324. The van der Waals surface area contributed by atoms with Gasteiger partial charge in [0.15, 0.2) is 17.8 Å². The molecule has 4 heterocycles. The van der Waals surface area contributed by atoms with Gasteiger partial charge in [-0.3, -0.25) is 14.6 Å². The minimum atomic E-state index is -0.252. The van der Waals surface area contributed by atoms with E-state index in [0.29, 0.717) is 35.9 Å². The first-order valence-corrected chi connectivity index (χ1v) is 10.9. The molecule has 1 amide bonds. The molecular weight excluding hydrogens is 434 g/mol. The Hall–Kier alpha value is -4.31. The number of ether oxygens (including phenoxy) is 1. The average molecular weight is 457 g/mol. The van der Waals surface area contributed by atoms with Crippen LogP contribution in [0, 0.1) is 0 Å². The topological polar surface area (TPSA) is 123 Å². The summed E-state index contributed by atoms with van der Waals surface area (Å²) in [5, 5.41) is 13.9. The van der Waals surface area contributed by atoms with E-state index >= 15 is 0 Å². The number of imidazole rings is 1. The summed E-state index contributed by atoms with van der Waals surface area (Å²) in [6.45, 7) is 1.17. The number of carbonyl (C=O) groups is 2. The van der Waals surface area contributed by atoms with E-state index in [1.165, 1.54) is 0 Å². The second-order valence-corrected chi connectivity index (χ2v) is 7.92. The zero-order chi connectivity index (χ0) is 23.5. The van der Waals surface area contributed by atoms with Crippen molar-refractivity contribution in [2.45, 2.75) is 12.5 Å². The molecule has 1 aliphatic rings. The lowest BCUT2D eigenvalue weighted by molar-refractivity contribution is 0.0925. The molecule has 0 saturated carbocycles. The molecule has 5 rings (SSSR count). The Labute approximate surface area is 195 Å². The number of aldehydes is 1. The minimum absolute atomic E-state index is 0.00248. The second-order valence-electron chi connectivity index (χ2n) is 7.92. The number of fused-ring (bicyclic) bond motifs is 1. The van der Waals surface area contributed by atoms with Crippen molar-refractivity contribution in [3.63, 3.8) is 0 Å². The van der Waals surface area contributed by atoms with Crippen LogP contribution in [-0.2, 0) is 4.74 Å². The van der Waals surface area contributed by atoms with Crippen LogP contribution in [0.5, 0.6) is 0 Å². The first-order valence-electron chi connectivity index (χ1n) is 10.9. The molecule has 0 aliphatic carbocycles. The molecule has 3 aromatic heterocycles. The number of rotatable bonds is 7. The van der Waals surface area contributed by atoms with Gasteiger partial charge in [0.2, 0.25) is 0 Å². The van der Waals surface area contributed by atoms with Gasteiger partial charge in [-0.1, -0.05) is 12.1 Å². The van der Waals surface area contributed by atoms with Crippen LogP contribution in [0.2, 0.25) is 0 Å². The number of nitrogens with one attached hydrogen (secondary N) is 3. The van der Waals surface area contributed by atoms with E-state index in [1.54, 1.807) is 30.0 Å². The Morgan fingerprint density at radius 3 is 2.88 bits per heavy atom. The summed E-state index contributed by atoms with van der Waals surface area (Å²) in [5.41, 5.74) is 4.56. The Kier molecular flexibility index (Phi) is 5.88. The molecule has 3 N–H and O–H groups in total. The van der Waals surface area contributed by atoms with E-state index in [1.807, 2.05) is 36.4 Å². The smallest absolute Gasteiger partial charge is 0.271 e. The van der Waals surface area contributed by atoms with E-state index in [4.69, 9.17) is 4.74 Å². The lowest BCUT2D eigenvalue weighted by atomic mass is 10.1. The SMILES string of the molecule is CNc1cc(Nc2cccc(-c3ccc(C=O)cn3)c2)nn2cc(C(=O)NC3CCOC3)nc12. The van der Waals surface area contributed by atoms with Crippen molar-refractivity contribution in [1.29, 1.82) is 0 Å². The van der Waals surface area contributed by atoms with Gasteiger partial charge in [0.1, 0.15) is 5.69 Å². The maximum absolute atomic E-state index is 12.6. The molecule has 1 saturated heterocycles. The third-order valence-corrected chi connectivity index (χ3v) is 5.55. The molecule has 10 nitrogen and oxygen atoms in total. The first kappa shape index (κ1) is 21.5. The lowest BCUT2D eigenvalue weighted by Gasteiger charge is -2.10. The molecular formula is C24H23N7O3. The van der Waals surface area contributed by atoms with Gasteiger partial charge in [-0.05, 0) is 30.7 Å². The van der Waals surface area contributed by atoms with Gasteiger partial charge in [0.25, 0.3) is 5.91 Å². The van der Waals surface area contributed by atoms with Crippen LogP contribution in [0.15, 0.2) is 54.9 Å². The number of nitrogens with zero attached hydrogens (tertiary/aromatic N) is 4. The highest BCUT2D eigenvalue weighted by molar-refractivity contribution is 5.93. The Morgan fingerprint density at radius 1 is 1.24 bits per heavy atom. The molecule has 0 spiro atoms. The standard InChI is InChI=1S/C24H23N7O3/c1-25-20-10-22(27-17-4-2-3-16(9-17)19-6-5-15(13-32)11-26-19)30-31-12-21(29-23(20)31)24(33)28-18-7-8-34-14-18/h2-6,9-13,18,25H,7-8,14H2,1H3,(H,27,30)(H,28,33). The van der Waals surface area contributed by atoms with Crippen LogP contribution < -0.4 is 16.0 Å². The van der Waals surface area contributed by atoms with Gasteiger partial charge in [-0.25, -0.2) is 9.50 Å². The van der Waals surface area contributed by atoms with Gasteiger partial charge in [0.05, 0.1) is 30.2 Å². The zero-order valence-electron chi connectivity index (χ0n) is 18.5. The third kappa shape index (κ3) is 4.44. The van der Waals surface area contributed by atoms with E-state index in [9.17, 15) is 9.59 Å². The van der Waals surface area contributed by atoms with Crippen molar-refractivity contribution >= 4 is 35.0 Å². The molecule has 172 valence electrons. The maximum Gasteiger partial charge on any atom is 0.271 e. The summed E-state index contributed by atoms with van der Waals surface area (Å²) in [4.78, 5) is 32.3. The van der Waals surface area contributed by atoms with Crippen LogP contribution in [0.4, 0.5) is 17.2 Å². The lowest BCUT2D eigenvalue weighted by Crippen LogP contribution is -2.35.